The fourth-order valence-electron chi connectivity index (χ4n) is 4.13. The molecule has 1 aromatic heterocycles. The number of nitrogens with two attached hydrogens (primary N) is 2. The first kappa shape index (κ1) is 22.6. The Bertz CT molecular complexity index is 1120. The lowest BCUT2D eigenvalue weighted by Gasteiger charge is -2.30. The molecule has 0 aromatic carbocycles. The topological polar surface area (TPSA) is 128 Å². The van der Waals surface area contributed by atoms with Gasteiger partial charge in [0.15, 0.2) is 5.78 Å². The summed E-state index contributed by atoms with van der Waals surface area (Å²) >= 11 is 0. The van der Waals surface area contributed by atoms with Gasteiger partial charge in [-0.05, 0) is 45.3 Å². The summed E-state index contributed by atoms with van der Waals surface area (Å²) < 4.78 is 6.97. The number of anilines is 1. The molecular formula is C24H32N6O3. The van der Waals surface area contributed by atoms with E-state index in [2.05, 4.69) is 29.7 Å². The van der Waals surface area contributed by atoms with Crippen molar-refractivity contribution in [1.82, 2.24) is 14.9 Å². The average molecular weight is 453 g/mol. The average Bonchev–Trinajstić information content (AvgIpc) is 3.00. The molecule has 3 aliphatic rings. The quantitative estimate of drug-likeness (QED) is 0.519. The van der Waals surface area contributed by atoms with E-state index in [0.29, 0.717) is 40.9 Å². The van der Waals surface area contributed by atoms with E-state index in [9.17, 15) is 9.59 Å². The van der Waals surface area contributed by atoms with Crippen molar-refractivity contribution in [3.8, 4) is 0 Å². The van der Waals surface area contributed by atoms with Gasteiger partial charge in [0.1, 0.15) is 5.60 Å². The summed E-state index contributed by atoms with van der Waals surface area (Å²) in [6, 6.07) is 0. The smallest absolute Gasteiger partial charge is 0.411 e. The molecule has 9 nitrogen and oxygen atoms in total. The monoisotopic (exact) mass is 452 g/mol. The van der Waals surface area contributed by atoms with Crippen LogP contribution in [0.1, 0.15) is 55.9 Å². The first-order valence-electron chi connectivity index (χ1n) is 11.1. The molecule has 6 N–H and O–H groups in total. The summed E-state index contributed by atoms with van der Waals surface area (Å²) in [7, 11) is 0. The van der Waals surface area contributed by atoms with E-state index in [1.807, 2.05) is 12.2 Å². The van der Waals surface area contributed by atoms with Crippen molar-refractivity contribution >= 4 is 23.1 Å². The first-order valence-corrected chi connectivity index (χ1v) is 11.1. The number of allylic oxidation sites excluding steroid dienone is 5. The predicted octanol–water partition coefficient (Wildman–Crippen LogP) is 2.81. The Hall–Kier alpha value is -3.62. The van der Waals surface area contributed by atoms with Gasteiger partial charge in [-0.15, -0.1) is 0 Å². The number of carbonyl (C=O) groups excluding carboxylic acids is 2. The van der Waals surface area contributed by atoms with Gasteiger partial charge in [0.2, 0.25) is 0 Å². The van der Waals surface area contributed by atoms with Gasteiger partial charge in [0, 0.05) is 17.8 Å². The molecule has 176 valence electrons. The molecule has 2 aliphatic heterocycles. The molecule has 0 saturated carbocycles. The number of nitrogen functional groups attached to an aromatic ring is 1. The fourth-order valence-corrected chi connectivity index (χ4v) is 4.13. The number of hydrogen-bond donors (Lipinski definition) is 4. The molecular weight excluding hydrogens is 420 g/mol. The lowest BCUT2D eigenvalue weighted by molar-refractivity contribution is 0.0216. The zero-order valence-corrected chi connectivity index (χ0v) is 19.6. The number of dihydropyridines is 1. The summed E-state index contributed by atoms with van der Waals surface area (Å²) in [6.45, 7) is 8.16. The molecule has 0 radical (unpaired) electrons. The maximum Gasteiger partial charge on any atom is 0.411 e. The van der Waals surface area contributed by atoms with Crippen LogP contribution in [0.2, 0.25) is 0 Å². The van der Waals surface area contributed by atoms with Gasteiger partial charge in [-0.2, -0.15) is 0 Å². The molecule has 9 heteroatoms. The second kappa shape index (κ2) is 8.38. The second-order valence-electron chi connectivity index (χ2n) is 9.67. The van der Waals surface area contributed by atoms with Crippen LogP contribution in [0.25, 0.3) is 5.57 Å². The highest BCUT2D eigenvalue weighted by molar-refractivity contribution is 6.08. The van der Waals surface area contributed by atoms with Gasteiger partial charge in [-0.1, -0.05) is 25.2 Å². The lowest BCUT2D eigenvalue weighted by atomic mass is 9.99. The van der Waals surface area contributed by atoms with Crippen molar-refractivity contribution < 1.29 is 14.3 Å². The van der Waals surface area contributed by atoms with E-state index in [4.69, 9.17) is 16.3 Å². The van der Waals surface area contributed by atoms with E-state index < -0.39 is 11.7 Å². The van der Waals surface area contributed by atoms with Gasteiger partial charge < -0.3 is 26.9 Å². The minimum absolute atomic E-state index is 0.0788. The molecule has 1 aromatic rings. The number of Topliss-reactive ketones (excluding diaryl/α,β-unsaturated/α-hetero) is 1. The van der Waals surface area contributed by atoms with Crippen molar-refractivity contribution in [2.24, 2.45) is 11.7 Å². The third kappa shape index (κ3) is 4.62. The van der Waals surface area contributed by atoms with Gasteiger partial charge in [0.25, 0.3) is 0 Å². The Labute approximate surface area is 193 Å². The van der Waals surface area contributed by atoms with Crippen molar-refractivity contribution in [2.45, 2.75) is 46.3 Å². The van der Waals surface area contributed by atoms with E-state index in [0.717, 1.165) is 17.7 Å². The number of nitrogens with one attached hydrogen (secondary N) is 2. The molecule has 0 saturated heterocycles. The van der Waals surface area contributed by atoms with E-state index in [1.54, 1.807) is 26.8 Å². The standard InChI is InChI=1S/C24H32N6O3/c1-14-5-7-16(8-6-14)28-21-20-17(30(26)22(21)15-9-10-27-19(25)11-15)12-29(13-18(20)31)23(32)33-24(2,3)4/h5,7-9,11,14,27-28H,6,10,12-13,25-26H2,1-4H3. The Morgan fingerprint density at radius 1 is 1.27 bits per heavy atom. The lowest BCUT2D eigenvalue weighted by Crippen LogP contribution is -2.43. The summed E-state index contributed by atoms with van der Waals surface area (Å²) in [5.41, 5.74) is 9.37. The normalized spacial score (nSPS) is 20.4. The highest BCUT2D eigenvalue weighted by Crippen LogP contribution is 2.38. The maximum atomic E-state index is 13.3. The Morgan fingerprint density at radius 2 is 2.03 bits per heavy atom. The second-order valence-corrected chi connectivity index (χ2v) is 9.67. The number of aromatic nitrogens is 1. The van der Waals surface area contributed by atoms with Crippen molar-refractivity contribution in [1.29, 1.82) is 0 Å². The summed E-state index contributed by atoms with van der Waals surface area (Å²) in [6.07, 6.45) is 10.4. The zero-order chi connectivity index (χ0) is 23.9. The summed E-state index contributed by atoms with van der Waals surface area (Å²) in [5.74, 6) is 7.34. The molecule has 33 heavy (non-hydrogen) atoms. The zero-order valence-electron chi connectivity index (χ0n) is 19.6. The first-order chi connectivity index (χ1) is 15.5. The van der Waals surface area contributed by atoms with E-state index >= 15 is 0 Å². The maximum absolute atomic E-state index is 13.3. The highest BCUT2D eigenvalue weighted by atomic mass is 16.6. The molecule has 0 fully saturated rings. The van der Waals surface area contributed by atoms with E-state index in [-0.39, 0.29) is 18.9 Å². The van der Waals surface area contributed by atoms with Crippen molar-refractivity contribution in [3.63, 3.8) is 0 Å². The number of hydrogen-bond acceptors (Lipinski definition) is 7. The predicted molar refractivity (Wildman–Crippen MR) is 128 cm³/mol. The Morgan fingerprint density at radius 3 is 2.67 bits per heavy atom. The minimum Gasteiger partial charge on any atom is -0.444 e. The van der Waals surface area contributed by atoms with Gasteiger partial charge in [0.05, 0.1) is 41.5 Å². The van der Waals surface area contributed by atoms with Crippen LogP contribution in [0, 0.1) is 5.92 Å². The van der Waals surface area contributed by atoms with Crippen molar-refractivity contribution in [3.05, 3.63) is 58.8 Å². The molecule has 3 heterocycles. The molecule has 1 unspecified atom stereocenters. The summed E-state index contributed by atoms with van der Waals surface area (Å²) in [5, 5.41) is 6.48. The number of fused-ring (bicyclic) bond motifs is 1. The van der Waals surface area contributed by atoms with Crippen LogP contribution in [0.4, 0.5) is 10.5 Å². The molecule has 1 aliphatic carbocycles. The fraction of sp³-hybridized carbons (Fsp3) is 0.417. The van der Waals surface area contributed by atoms with Crippen LogP contribution in [0.5, 0.6) is 0 Å². The van der Waals surface area contributed by atoms with Crippen LogP contribution in [-0.2, 0) is 11.3 Å². The highest BCUT2D eigenvalue weighted by Gasteiger charge is 2.37. The molecule has 1 amide bonds. The van der Waals surface area contributed by atoms with E-state index in [1.165, 1.54) is 9.58 Å². The Kier molecular flexibility index (Phi) is 5.73. The van der Waals surface area contributed by atoms with Gasteiger partial charge >= 0.3 is 6.09 Å². The number of carbonyl (C=O) groups is 2. The number of rotatable bonds is 3. The van der Waals surface area contributed by atoms with Crippen LogP contribution in [-0.4, -0.2) is 40.1 Å². The number of ether oxygens (including phenoxy) is 1. The van der Waals surface area contributed by atoms with Gasteiger partial charge in [-0.25, -0.2) is 4.79 Å². The minimum atomic E-state index is -0.665. The van der Waals surface area contributed by atoms with Crippen LogP contribution in [0.3, 0.4) is 0 Å². The molecule has 4 rings (SSSR count). The number of nitrogens with zero attached hydrogens (tertiary/aromatic N) is 2. The largest absolute Gasteiger partial charge is 0.444 e. The molecule has 1 atom stereocenters. The Balaban J connectivity index is 1.77. The van der Waals surface area contributed by atoms with Gasteiger partial charge in [-0.3, -0.25) is 14.4 Å². The number of amides is 1. The third-order valence-corrected chi connectivity index (χ3v) is 5.71. The van der Waals surface area contributed by atoms with Crippen LogP contribution < -0.4 is 22.2 Å². The van der Waals surface area contributed by atoms with Crippen LogP contribution >= 0.6 is 0 Å². The van der Waals surface area contributed by atoms with Crippen molar-refractivity contribution in [2.75, 3.05) is 24.2 Å². The SMILES string of the molecule is CC1C=CC(Nc2c3c(n(N)c2C2=CCNC(N)=C2)CN(C(=O)OC(C)(C)C)CC3=O)=CC1. The summed E-state index contributed by atoms with van der Waals surface area (Å²) in [4.78, 5) is 27.4. The molecule has 0 spiro atoms. The third-order valence-electron chi connectivity index (χ3n) is 5.71. The van der Waals surface area contributed by atoms with Crippen LogP contribution in [0.15, 0.2) is 41.9 Å². The molecule has 0 bridgehead atoms. The number of ketones is 1.